The number of rotatable bonds is 2. The van der Waals surface area contributed by atoms with Crippen LogP contribution in [0.15, 0.2) is 24.5 Å². The van der Waals surface area contributed by atoms with Gasteiger partial charge in [0.25, 0.3) is 0 Å². The van der Waals surface area contributed by atoms with Crippen molar-refractivity contribution in [3.8, 4) is 0 Å². The molecule has 4 heteroatoms. The van der Waals surface area contributed by atoms with Crippen LogP contribution in [0, 0.1) is 0 Å². The van der Waals surface area contributed by atoms with Crippen molar-refractivity contribution in [2.75, 3.05) is 0 Å². The first-order valence-corrected chi connectivity index (χ1v) is 5.96. The fourth-order valence-corrected chi connectivity index (χ4v) is 2.83. The van der Waals surface area contributed by atoms with E-state index in [1.54, 1.807) is 11.8 Å². The van der Waals surface area contributed by atoms with Crippen molar-refractivity contribution in [3.63, 3.8) is 0 Å². The Balaban J connectivity index is 2.27. The van der Waals surface area contributed by atoms with E-state index in [1.807, 2.05) is 6.08 Å². The zero-order valence-electron chi connectivity index (χ0n) is 10.0. The minimum Gasteiger partial charge on any atom is -0.419 e. The van der Waals surface area contributed by atoms with Gasteiger partial charge in [0.1, 0.15) is 0 Å². The lowest BCUT2D eigenvalue weighted by molar-refractivity contribution is -0.114. The van der Waals surface area contributed by atoms with Gasteiger partial charge in [-0.1, -0.05) is 12.7 Å². The quantitative estimate of drug-likeness (QED) is 0.690. The van der Waals surface area contributed by atoms with E-state index in [4.69, 9.17) is 4.74 Å². The smallest absolute Gasteiger partial charge is 0.415 e. The van der Waals surface area contributed by atoms with Gasteiger partial charge in [0, 0.05) is 11.6 Å². The van der Waals surface area contributed by atoms with E-state index in [2.05, 4.69) is 6.58 Å². The first-order chi connectivity index (χ1) is 8.15. The molecule has 1 amide bonds. The first-order valence-electron chi connectivity index (χ1n) is 5.96. The van der Waals surface area contributed by atoms with Crippen LogP contribution in [0.2, 0.25) is 0 Å². The van der Waals surface area contributed by atoms with E-state index in [-0.39, 0.29) is 24.0 Å². The van der Waals surface area contributed by atoms with Crippen molar-refractivity contribution in [2.45, 2.75) is 44.7 Å². The minimum atomic E-state index is -0.387. The van der Waals surface area contributed by atoms with Crippen molar-refractivity contribution < 1.29 is 14.3 Å². The van der Waals surface area contributed by atoms with E-state index in [0.717, 1.165) is 37.5 Å². The number of amides is 1. The summed E-state index contributed by atoms with van der Waals surface area (Å²) in [5.74, 6) is 0.0500. The van der Waals surface area contributed by atoms with Gasteiger partial charge in [-0.25, -0.2) is 4.79 Å². The van der Waals surface area contributed by atoms with Crippen LogP contribution < -0.4 is 0 Å². The molecule has 0 N–H and O–H groups in total. The number of carbonyl (C=O) groups excluding carboxylic acids is 2. The summed E-state index contributed by atoms with van der Waals surface area (Å²) in [7, 11) is 0. The zero-order valence-corrected chi connectivity index (χ0v) is 10.0. The maximum atomic E-state index is 11.9. The summed E-state index contributed by atoms with van der Waals surface area (Å²) in [5, 5.41) is 0. The molecule has 4 nitrogen and oxygen atoms in total. The molecule has 0 aromatic rings. The molecule has 2 atom stereocenters. The van der Waals surface area contributed by atoms with Crippen LogP contribution in [0.5, 0.6) is 0 Å². The van der Waals surface area contributed by atoms with Crippen LogP contribution >= 0.6 is 0 Å². The molecule has 0 aromatic heterocycles. The molecule has 0 saturated carbocycles. The Kier molecular flexibility index (Phi) is 3.31. The van der Waals surface area contributed by atoms with Gasteiger partial charge >= 0.3 is 6.09 Å². The van der Waals surface area contributed by atoms with E-state index < -0.39 is 0 Å². The Hall–Kier alpha value is -1.58. The van der Waals surface area contributed by atoms with Crippen LogP contribution in [0.3, 0.4) is 0 Å². The molecular weight excluding hydrogens is 218 g/mol. The average Bonchev–Trinajstić information content (AvgIpc) is 2.54. The van der Waals surface area contributed by atoms with Crippen LogP contribution in [0.25, 0.3) is 0 Å². The van der Waals surface area contributed by atoms with Crippen LogP contribution in [0.1, 0.15) is 32.6 Å². The normalized spacial score (nSPS) is 27.1. The molecule has 92 valence electrons. The molecule has 17 heavy (non-hydrogen) atoms. The first kappa shape index (κ1) is 11.9. The summed E-state index contributed by atoms with van der Waals surface area (Å²) < 4.78 is 4.86. The molecule has 2 aliphatic rings. The second-order valence-electron chi connectivity index (χ2n) is 4.50. The molecule has 0 radical (unpaired) electrons. The van der Waals surface area contributed by atoms with Crippen molar-refractivity contribution in [2.24, 2.45) is 0 Å². The number of nitrogens with zero attached hydrogens (tertiary/aromatic N) is 1. The predicted molar refractivity (Wildman–Crippen MR) is 63.3 cm³/mol. The van der Waals surface area contributed by atoms with Gasteiger partial charge in [-0.2, -0.15) is 0 Å². The monoisotopic (exact) mass is 235 g/mol. The summed E-state index contributed by atoms with van der Waals surface area (Å²) in [6.07, 6.45) is 6.28. The number of hydrogen-bond acceptors (Lipinski definition) is 3. The van der Waals surface area contributed by atoms with Gasteiger partial charge in [-0.05, 0) is 32.6 Å². The lowest BCUT2D eigenvalue weighted by Crippen LogP contribution is -2.41. The van der Waals surface area contributed by atoms with Gasteiger partial charge in [-0.3, -0.25) is 9.69 Å². The summed E-state index contributed by atoms with van der Waals surface area (Å²) >= 11 is 0. The second-order valence-corrected chi connectivity index (χ2v) is 4.50. The minimum absolute atomic E-state index is 0.0500. The molecule has 2 aliphatic heterocycles. The van der Waals surface area contributed by atoms with Gasteiger partial charge in [0.15, 0.2) is 5.78 Å². The molecule has 0 spiro atoms. The average molecular weight is 235 g/mol. The zero-order chi connectivity index (χ0) is 12.4. The number of ketones is 1. The van der Waals surface area contributed by atoms with E-state index in [1.165, 1.54) is 0 Å². The fourth-order valence-electron chi connectivity index (χ4n) is 2.83. The van der Waals surface area contributed by atoms with E-state index >= 15 is 0 Å². The number of hydrogen-bond donors (Lipinski definition) is 0. The highest BCUT2D eigenvalue weighted by Crippen LogP contribution is 2.35. The highest BCUT2D eigenvalue weighted by molar-refractivity contribution is 5.95. The van der Waals surface area contributed by atoms with Gasteiger partial charge < -0.3 is 4.74 Å². The number of allylic oxidation sites excluding steroid dienone is 1. The predicted octanol–water partition coefficient (Wildman–Crippen LogP) is 2.41. The third kappa shape index (κ3) is 2.12. The molecule has 2 bridgehead atoms. The molecule has 2 rings (SSSR count). The van der Waals surface area contributed by atoms with Gasteiger partial charge in [0.2, 0.25) is 0 Å². The standard InChI is InChI=1S/C13H17NO3/c1-3-17-13(16)14-10-5-4-6-11(9(2)15)12(14)8-7-10/h3,6,10,12H,1,4-5,7-8H2,2H3/t10-,12-/m1/s1. The lowest BCUT2D eigenvalue weighted by Gasteiger charge is -2.27. The Labute approximate surface area is 101 Å². The van der Waals surface area contributed by atoms with Crippen LogP contribution in [-0.4, -0.2) is 28.9 Å². The van der Waals surface area contributed by atoms with E-state index in [0.29, 0.717) is 0 Å². The van der Waals surface area contributed by atoms with Crippen LogP contribution in [-0.2, 0) is 9.53 Å². The Bertz CT molecular complexity index is 386. The fraction of sp³-hybridized carbons (Fsp3) is 0.538. The largest absolute Gasteiger partial charge is 0.419 e. The summed E-state index contributed by atoms with van der Waals surface area (Å²) in [5.41, 5.74) is 0.756. The second kappa shape index (κ2) is 4.73. The van der Waals surface area contributed by atoms with Crippen molar-refractivity contribution in [1.82, 2.24) is 4.90 Å². The number of carbonyl (C=O) groups is 2. The van der Waals surface area contributed by atoms with Gasteiger partial charge in [-0.15, -0.1) is 0 Å². The SMILES string of the molecule is C=COC(=O)N1[C@@H]2CCC=C(C(C)=O)[C@H]1CC2. The van der Waals surface area contributed by atoms with Gasteiger partial charge in [0.05, 0.1) is 12.3 Å². The highest BCUT2D eigenvalue weighted by Gasteiger charge is 2.41. The number of fused-ring (bicyclic) bond motifs is 2. The maximum Gasteiger partial charge on any atom is 0.415 e. The molecule has 1 fully saturated rings. The number of ether oxygens (including phenoxy) is 1. The lowest BCUT2D eigenvalue weighted by atomic mass is 9.97. The third-order valence-electron chi connectivity index (χ3n) is 3.53. The number of Topliss-reactive ketones (excluding diaryl/α,β-unsaturated/α-hetero) is 1. The molecule has 0 aliphatic carbocycles. The van der Waals surface area contributed by atoms with E-state index in [9.17, 15) is 9.59 Å². The molecule has 1 saturated heterocycles. The Morgan fingerprint density at radius 2 is 2.24 bits per heavy atom. The Morgan fingerprint density at radius 3 is 2.88 bits per heavy atom. The molecule has 0 unspecified atom stereocenters. The summed E-state index contributed by atoms with van der Waals surface area (Å²) in [6.45, 7) is 4.95. The molecular formula is C13H17NO3. The third-order valence-corrected chi connectivity index (χ3v) is 3.53. The highest BCUT2D eigenvalue weighted by atomic mass is 16.5. The Morgan fingerprint density at radius 1 is 1.47 bits per heavy atom. The van der Waals surface area contributed by atoms with Crippen molar-refractivity contribution in [3.05, 3.63) is 24.5 Å². The maximum absolute atomic E-state index is 11.9. The summed E-state index contributed by atoms with van der Waals surface area (Å²) in [6, 6.07) is 0.0907. The summed E-state index contributed by atoms with van der Waals surface area (Å²) in [4.78, 5) is 25.2. The van der Waals surface area contributed by atoms with Crippen molar-refractivity contribution >= 4 is 11.9 Å². The molecule has 0 aromatic carbocycles. The topological polar surface area (TPSA) is 46.6 Å². The molecule has 2 heterocycles. The van der Waals surface area contributed by atoms with Crippen molar-refractivity contribution in [1.29, 1.82) is 0 Å². The van der Waals surface area contributed by atoms with Crippen LogP contribution in [0.4, 0.5) is 4.79 Å².